The Morgan fingerprint density at radius 3 is 2.56 bits per heavy atom. The smallest absolute Gasteiger partial charge is 0.254 e. The molecular formula is C25H29F2N5O2. The fourth-order valence-electron chi connectivity index (χ4n) is 4.08. The summed E-state index contributed by atoms with van der Waals surface area (Å²) < 4.78 is 35.2. The number of carbonyl (C=O) groups excluding carboxylic acids is 1. The third-order valence-electron chi connectivity index (χ3n) is 5.76. The van der Waals surface area contributed by atoms with Crippen LogP contribution >= 0.6 is 0 Å². The molecule has 0 bridgehead atoms. The van der Waals surface area contributed by atoms with Gasteiger partial charge in [-0.3, -0.25) is 9.69 Å². The number of ether oxygens (including phenoxy) is 1. The zero-order valence-corrected chi connectivity index (χ0v) is 19.6. The highest BCUT2D eigenvalue weighted by atomic mass is 19.1. The first-order valence-corrected chi connectivity index (χ1v) is 11.5. The third kappa shape index (κ3) is 5.59. The van der Waals surface area contributed by atoms with Gasteiger partial charge in [0.05, 0.1) is 17.7 Å². The molecular weight excluding hydrogens is 440 g/mol. The molecule has 1 aliphatic rings. The summed E-state index contributed by atoms with van der Waals surface area (Å²) in [7, 11) is 0. The van der Waals surface area contributed by atoms with E-state index >= 15 is 0 Å². The Morgan fingerprint density at radius 1 is 1.06 bits per heavy atom. The van der Waals surface area contributed by atoms with Crippen LogP contribution in [-0.2, 0) is 19.5 Å². The number of benzene rings is 2. The first-order valence-electron chi connectivity index (χ1n) is 11.5. The molecule has 9 heteroatoms. The lowest BCUT2D eigenvalue weighted by molar-refractivity contribution is 0.0932. The Balaban J connectivity index is 1.39. The first kappa shape index (κ1) is 23.8. The van der Waals surface area contributed by atoms with E-state index < -0.39 is 23.6 Å². The van der Waals surface area contributed by atoms with Crippen molar-refractivity contribution in [2.75, 3.05) is 13.1 Å². The largest absolute Gasteiger partial charge is 0.491 e. The monoisotopic (exact) mass is 469 g/mol. The second kappa shape index (κ2) is 10.3. The van der Waals surface area contributed by atoms with Crippen LogP contribution in [0.2, 0.25) is 0 Å². The molecule has 0 unspecified atom stereocenters. The van der Waals surface area contributed by atoms with Crippen molar-refractivity contribution in [2.24, 2.45) is 0 Å². The Kier molecular flexibility index (Phi) is 7.21. The van der Waals surface area contributed by atoms with Crippen LogP contribution in [0.3, 0.4) is 0 Å². The van der Waals surface area contributed by atoms with E-state index in [1.54, 1.807) is 6.92 Å². The van der Waals surface area contributed by atoms with E-state index in [-0.39, 0.29) is 11.7 Å². The van der Waals surface area contributed by atoms with Crippen molar-refractivity contribution >= 4 is 5.91 Å². The van der Waals surface area contributed by atoms with Gasteiger partial charge in [-0.05, 0) is 56.7 Å². The lowest BCUT2D eigenvalue weighted by Gasteiger charge is -2.20. The molecule has 1 amide bonds. The van der Waals surface area contributed by atoms with Gasteiger partial charge >= 0.3 is 0 Å². The van der Waals surface area contributed by atoms with Crippen LogP contribution < -0.4 is 10.1 Å². The molecule has 2 heterocycles. The first-order chi connectivity index (χ1) is 16.3. The molecule has 3 aromatic rings. The number of hydrogen-bond acceptors (Lipinski definition) is 5. The summed E-state index contributed by atoms with van der Waals surface area (Å²) in [6.45, 7) is 8.86. The molecule has 0 fully saturated rings. The van der Waals surface area contributed by atoms with E-state index in [1.807, 2.05) is 30.5 Å². The summed E-state index contributed by atoms with van der Waals surface area (Å²) >= 11 is 0. The lowest BCUT2D eigenvalue weighted by atomic mass is 10.1. The highest BCUT2D eigenvalue weighted by molar-refractivity contribution is 5.94. The average molecular weight is 470 g/mol. The fourth-order valence-corrected chi connectivity index (χ4v) is 4.08. The van der Waals surface area contributed by atoms with E-state index in [1.165, 1.54) is 5.56 Å². The van der Waals surface area contributed by atoms with E-state index in [0.717, 1.165) is 55.8 Å². The van der Waals surface area contributed by atoms with E-state index in [0.29, 0.717) is 12.4 Å². The Morgan fingerprint density at radius 2 is 1.82 bits per heavy atom. The van der Waals surface area contributed by atoms with Crippen LogP contribution in [0.4, 0.5) is 8.78 Å². The van der Waals surface area contributed by atoms with Gasteiger partial charge in [0.2, 0.25) is 0 Å². The quantitative estimate of drug-likeness (QED) is 0.568. The Hall–Kier alpha value is -3.33. The van der Waals surface area contributed by atoms with Gasteiger partial charge in [-0.2, -0.15) is 0 Å². The summed E-state index contributed by atoms with van der Waals surface area (Å²) in [5.41, 5.74) is 0.866. The van der Waals surface area contributed by atoms with E-state index in [9.17, 15) is 13.6 Å². The van der Waals surface area contributed by atoms with E-state index in [2.05, 4.69) is 32.5 Å². The number of aromatic nitrogens is 3. The fraction of sp³-hybridized carbons (Fsp3) is 0.400. The second-order valence-electron chi connectivity index (χ2n) is 8.78. The van der Waals surface area contributed by atoms with Gasteiger partial charge in [-0.25, -0.2) is 8.78 Å². The average Bonchev–Trinajstić information content (AvgIpc) is 3.11. The summed E-state index contributed by atoms with van der Waals surface area (Å²) in [4.78, 5) is 14.9. The molecule has 2 aromatic carbocycles. The van der Waals surface area contributed by atoms with Crippen LogP contribution in [0.15, 0.2) is 42.5 Å². The maximum absolute atomic E-state index is 14.0. The number of fused-ring (bicyclic) bond motifs is 1. The molecule has 34 heavy (non-hydrogen) atoms. The highest BCUT2D eigenvalue weighted by Crippen LogP contribution is 2.19. The SMILES string of the molecule is CC(C)Oc1ccc(CN2CCc3nnc([C@H](C)NC(=O)c4cc(F)ccc4F)n3CC2)cc1. The number of nitrogens with zero attached hydrogens (tertiary/aromatic N) is 4. The van der Waals surface area contributed by atoms with Crippen LogP contribution in [0.1, 0.15) is 54.4 Å². The minimum absolute atomic E-state index is 0.140. The standard InChI is InChI=1S/C25H29F2N5O2/c1-16(2)34-20-7-4-18(5-8-20)15-31-11-10-23-29-30-24(32(23)13-12-31)17(3)28-25(33)21-14-19(26)6-9-22(21)27/h4-9,14,16-17H,10-13,15H2,1-3H3,(H,28,33)/t17-/m0/s1. The van der Waals surface area contributed by atoms with Crippen molar-refractivity contribution < 1.29 is 18.3 Å². The normalized spacial score (nSPS) is 15.0. The van der Waals surface area contributed by atoms with Crippen molar-refractivity contribution in [2.45, 2.75) is 52.4 Å². The minimum Gasteiger partial charge on any atom is -0.491 e. The van der Waals surface area contributed by atoms with Crippen molar-refractivity contribution in [3.8, 4) is 5.75 Å². The van der Waals surface area contributed by atoms with Crippen molar-refractivity contribution in [1.29, 1.82) is 0 Å². The number of hydrogen-bond donors (Lipinski definition) is 1. The van der Waals surface area contributed by atoms with Crippen molar-refractivity contribution in [3.05, 3.63) is 76.9 Å². The molecule has 1 N–H and O–H groups in total. The molecule has 180 valence electrons. The van der Waals surface area contributed by atoms with Crippen LogP contribution in [0, 0.1) is 11.6 Å². The Bertz CT molecular complexity index is 1150. The van der Waals surface area contributed by atoms with Crippen molar-refractivity contribution in [1.82, 2.24) is 25.0 Å². The zero-order valence-electron chi connectivity index (χ0n) is 19.6. The van der Waals surface area contributed by atoms with Crippen LogP contribution in [0.5, 0.6) is 5.75 Å². The maximum atomic E-state index is 14.0. The van der Waals surface area contributed by atoms with Crippen LogP contribution in [-0.4, -0.2) is 44.8 Å². The third-order valence-corrected chi connectivity index (χ3v) is 5.76. The molecule has 4 rings (SSSR count). The predicted octanol–water partition coefficient (Wildman–Crippen LogP) is 3.89. The Labute approximate surface area is 197 Å². The number of halogens is 2. The van der Waals surface area contributed by atoms with E-state index in [4.69, 9.17) is 4.74 Å². The molecule has 0 spiro atoms. The number of amides is 1. The summed E-state index contributed by atoms with van der Waals surface area (Å²) in [5, 5.41) is 11.3. The number of carbonyl (C=O) groups is 1. The van der Waals surface area contributed by atoms with Gasteiger partial charge in [0, 0.05) is 32.6 Å². The molecule has 0 saturated heterocycles. The molecule has 1 atom stereocenters. The molecule has 0 radical (unpaired) electrons. The van der Waals surface area contributed by atoms with Crippen LogP contribution in [0.25, 0.3) is 0 Å². The van der Waals surface area contributed by atoms with Gasteiger partial charge in [-0.15, -0.1) is 10.2 Å². The predicted molar refractivity (Wildman–Crippen MR) is 123 cm³/mol. The second-order valence-corrected chi connectivity index (χ2v) is 8.78. The lowest BCUT2D eigenvalue weighted by Crippen LogP contribution is -2.30. The molecule has 0 saturated carbocycles. The van der Waals surface area contributed by atoms with Gasteiger partial charge < -0.3 is 14.6 Å². The molecule has 0 aliphatic carbocycles. The topological polar surface area (TPSA) is 72.3 Å². The van der Waals surface area contributed by atoms with Gasteiger partial charge in [0.1, 0.15) is 23.2 Å². The zero-order chi connectivity index (χ0) is 24.2. The molecule has 7 nitrogen and oxygen atoms in total. The molecule has 1 aromatic heterocycles. The summed E-state index contributed by atoms with van der Waals surface area (Å²) in [6, 6.07) is 10.4. The maximum Gasteiger partial charge on any atom is 0.254 e. The summed E-state index contributed by atoms with van der Waals surface area (Å²) in [6.07, 6.45) is 0.863. The van der Waals surface area contributed by atoms with Gasteiger partial charge in [0.25, 0.3) is 5.91 Å². The molecule has 1 aliphatic heterocycles. The summed E-state index contributed by atoms with van der Waals surface area (Å²) in [5.74, 6) is 0.165. The highest BCUT2D eigenvalue weighted by Gasteiger charge is 2.24. The van der Waals surface area contributed by atoms with Gasteiger partial charge in [0.15, 0.2) is 5.82 Å². The minimum atomic E-state index is -0.773. The van der Waals surface area contributed by atoms with Crippen molar-refractivity contribution in [3.63, 3.8) is 0 Å². The number of rotatable bonds is 7. The number of nitrogens with one attached hydrogen (secondary N) is 1. The van der Waals surface area contributed by atoms with Gasteiger partial charge in [-0.1, -0.05) is 12.1 Å².